The highest BCUT2D eigenvalue weighted by Crippen LogP contribution is 2.39. The van der Waals surface area contributed by atoms with Crippen LogP contribution in [-0.2, 0) is 25.3 Å². The Kier molecular flexibility index (Phi) is 7.25. The van der Waals surface area contributed by atoms with E-state index in [1.54, 1.807) is 0 Å². The van der Waals surface area contributed by atoms with Crippen molar-refractivity contribution in [2.75, 3.05) is 13.7 Å². The van der Waals surface area contributed by atoms with Crippen LogP contribution in [-0.4, -0.2) is 56.0 Å². The minimum atomic E-state index is -2.08. The maximum atomic E-state index is 12.7. The molecule has 2 atom stereocenters. The lowest BCUT2D eigenvalue weighted by molar-refractivity contribution is -0.384. The summed E-state index contributed by atoms with van der Waals surface area (Å²) in [5.74, 6) is -0.511. The number of nitro benzene ring substituents is 1. The molecule has 0 unspecified atom stereocenters. The topological polar surface area (TPSA) is 108 Å². The standard InChI is InChI=1S/C20H30N2O7Si/c1-20(2,3)30(5,6)29-16-11-17(18(23)27-4)21(12-16)19(24)28-13-14-7-9-15(10-8-14)22(25)26/h7-10,16-17H,11-13H2,1-6H3/t16-,17+/m1/s1. The van der Waals surface area contributed by atoms with Crippen LogP contribution in [0.25, 0.3) is 0 Å². The van der Waals surface area contributed by atoms with Gasteiger partial charge < -0.3 is 13.9 Å². The summed E-state index contributed by atoms with van der Waals surface area (Å²) in [7, 11) is -0.798. The van der Waals surface area contributed by atoms with Crippen LogP contribution in [0, 0.1) is 10.1 Å². The van der Waals surface area contributed by atoms with Crippen molar-refractivity contribution in [3.63, 3.8) is 0 Å². The predicted octanol–water partition coefficient (Wildman–Crippen LogP) is 3.87. The summed E-state index contributed by atoms with van der Waals surface area (Å²) in [5.41, 5.74) is 0.567. The number of hydrogen-bond acceptors (Lipinski definition) is 7. The van der Waals surface area contributed by atoms with Crippen molar-refractivity contribution in [2.45, 2.75) is 64.1 Å². The van der Waals surface area contributed by atoms with E-state index in [-0.39, 0.29) is 30.0 Å². The van der Waals surface area contributed by atoms with Crippen LogP contribution in [0.1, 0.15) is 32.8 Å². The highest BCUT2D eigenvalue weighted by atomic mass is 28.4. The summed E-state index contributed by atoms with van der Waals surface area (Å²) in [6.45, 7) is 10.8. The molecule has 1 fully saturated rings. The zero-order chi connectivity index (χ0) is 22.7. The number of carbonyl (C=O) groups is 2. The van der Waals surface area contributed by atoms with Crippen molar-refractivity contribution in [1.82, 2.24) is 4.90 Å². The molecule has 30 heavy (non-hydrogen) atoms. The summed E-state index contributed by atoms with van der Waals surface area (Å²) in [6, 6.07) is 4.97. The predicted molar refractivity (Wildman–Crippen MR) is 112 cm³/mol. The molecule has 2 rings (SSSR count). The molecule has 0 bridgehead atoms. The Balaban J connectivity index is 2.05. The number of ether oxygens (including phenoxy) is 2. The van der Waals surface area contributed by atoms with Crippen LogP contribution < -0.4 is 0 Å². The quantitative estimate of drug-likeness (QED) is 0.287. The molecule has 166 valence electrons. The van der Waals surface area contributed by atoms with Crippen LogP contribution in [0.15, 0.2) is 24.3 Å². The summed E-state index contributed by atoms with van der Waals surface area (Å²) in [6.07, 6.45) is -0.571. The van der Waals surface area contributed by atoms with E-state index < -0.39 is 31.3 Å². The molecule has 1 aromatic rings. The van der Waals surface area contributed by atoms with E-state index in [4.69, 9.17) is 13.9 Å². The van der Waals surface area contributed by atoms with Crippen LogP contribution >= 0.6 is 0 Å². The fraction of sp³-hybridized carbons (Fsp3) is 0.600. The lowest BCUT2D eigenvalue weighted by Crippen LogP contribution is -2.45. The van der Waals surface area contributed by atoms with Gasteiger partial charge >= 0.3 is 12.1 Å². The summed E-state index contributed by atoms with van der Waals surface area (Å²) in [4.78, 5) is 36.5. The third kappa shape index (κ3) is 5.57. The first-order chi connectivity index (χ1) is 13.9. The second kappa shape index (κ2) is 9.13. The molecule has 1 aromatic carbocycles. The van der Waals surface area contributed by atoms with E-state index in [0.29, 0.717) is 12.0 Å². The Morgan fingerprint density at radius 2 is 1.83 bits per heavy atom. The molecule has 0 radical (unpaired) electrons. The van der Waals surface area contributed by atoms with Crippen LogP contribution in [0.5, 0.6) is 0 Å². The molecule has 0 aromatic heterocycles. The van der Waals surface area contributed by atoms with E-state index in [0.717, 1.165) is 0 Å². The van der Waals surface area contributed by atoms with Crippen molar-refractivity contribution >= 4 is 26.1 Å². The van der Waals surface area contributed by atoms with E-state index >= 15 is 0 Å². The molecule has 1 heterocycles. The molecule has 0 spiro atoms. The van der Waals surface area contributed by atoms with Crippen molar-refractivity contribution in [1.29, 1.82) is 0 Å². The van der Waals surface area contributed by atoms with Crippen molar-refractivity contribution < 1.29 is 28.4 Å². The molecule has 0 aliphatic carbocycles. The SMILES string of the molecule is COC(=O)[C@@H]1C[C@@H](O[Si](C)(C)C(C)(C)C)CN1C(=O)OCc1ccc([N+](=O)[O-])cc1. The van der Waals surface area contributed by atoms with Gasteiger partial charge in [0.15, 0.2) is 8.32 Å². The maximum absolute atomic E-state index is 12.7. The number of amides is 1. The number of likely N-dealkylation sites (tertiary alicyclic amines) is 1. The fourth-order valence-corrected chi connectivity index (χ4v) is 4.34. The summed E-state index contributed by atoms with van der Waals surface area (Å²) in [5, 5.41) is 10.7. The number of non-ortho nitro benzene ring substituents is 1. The van der Waals surface area contributed by atoms with Gasteiger partial charge in [0.2, 0.25) is 0 Å². The van der Waals surface area contributed by atoms with Gasteiger partial charge in [-0.15, -0.1) is 0 Å². The van der Waals surface area contributed by atoms with Crippen LogP contribution in [0.2, 0.25) is 18.1 Å². The average molecular weight is 439 g/mol. The van der Waals surface area contributed by atoms with Gasteiger partial charge in [0.25, 0.3) is 5.69 Å². The summed E-state index contributed by atoms with van der Waals surface area (Å²) >= 11 is 0. The largest absolute Gasteiger partial charge is 0.467 e. The third-order valence-electron chi connectivity index (χ3n) is 5.75. The normalized spacial score (nSPS) is 19.5. The van der Waals surface area contributed by atoms with Gasteiger partial charge in [0.05, 0.1) is 18.1 Å². The second-order valence-corrected chi connectivity index (χ2v) is 13.7. The Hall–Kier alpha value is -2.46. The van der Waals surface area contributed by atoms with Gasteiger partial charge in [-0.05, 0) is 35.8 Å². The van der Waals surface area contributed by atoms with Crippen molar-refractivity contribution in [3.05, 3.63) is 39.9 Å². The smallest absolute Gasteiger partial charge is 0.410 e. The first-order valence-electron chi connectivity index (χ1n) is 9.78. The number of rotatable bonds is 6. The molecule has 0 N–H and O–H groups in total. The van der Waals surface area contributed by atoms with Crippen LogP contribution in [0.4, 0.5) is 10.5 Å². The molecule has 1 saturated heterocycles. The first kappa shape index (κ1) is 23.8. The van der Waals surface area contributed by atoms with E-state index in [2.05, 4.69) is 33.9 Å². The Morgan fingerprint density at radius 1 is 1.23 bits per heavy atom. The zero-order valence-electron chi connectivity index (χ0n) is 18.3. The summed E-state index contributed by atoms with van der Waals surface area (Å²) < 4.78 is 16.6. The number of nitro groups is 1. The number of esters is 1. The minimum Gasteiger partial charge on any atom is -0.467 e. The van der Waals surface area contributed by atoms with Gasteiger partial charge in [-0.1, -0.05) is 20.8 Å². The highest BCUT2D eigenvalue weighted by molar-refractivity contribution is 6.74. The van der Waals surface area contributed by atoms with Gasteiger partial charge in [0.1, 0.15) is 12.6 Å². The molecular formula is C20H30N2O7Si. The Labute approximate surface area is 177 Å². The van der Waals surface area contributed by atoms with Gasteiger partial charge in [-0.3, -0.25) is 15.0 Å². The van der Waals surface area contributed by atoms with Crippen LogP contribution in [0.3, 0.4) is 0 Å². The molecule has 1 aliphatic rings. The van der Waals surface area contributed by atoms with Gasteiger partial charge in [-0.2, -0.15) is 0 Å². The van der Waals surface area contributed by atoms with E-state index in [9.17, 15) is 19.7 Å². The van der Waals surface area contributed by atoms with Gasteiger partial charge in [0, 0.05) is 25.1 Å². The number of hydrogen-bond donors (Lipinski definition) is 0. The molecule has 1 aliphatic heterocycles. The third-order valence-corrected chi connectivity index (χ3v) is 10.3. The highest BCUT2D eigenvalue weighted by Gasteiger charge is 2.46. The van der Waals surface area contributed by atoms with Gasteiger partial charge in [-0.25, -0.2) is 9.59 Å². The first-order valence-corrected chi connectivity index (χ1v) is 12.7. The molecular weight excluding hydrogens is 408 g/mol. The maximum Gasteiger partial charge on any atom is 0.410 e. The zero-order valence-corrected chi connectivity index (χ0v) is 19.3. The minimum absolute atomic E-state index is 0.00237. The Morgan fingerprint density at radius 3 is 2.33 bits per heavy atom. The number of carbonyl (C=O) groups excluding carboxylic acids is 2. The van der Waals surface area contributed by atoms with E-state index in [1.165, 1.54) is 36.3 Å². The monoisotopic (exact) mass is 438 g/mol. The molecule has 1 amide bonds. The molecule has 10 heteroatoms. The number of methoxy groups -OCH3 is 1. The van der Waals surface area contributed by atoms with Crippen molar-refractivity contribution in [2.24, 2.45) is 0 Å². The van der Waals surface area contributed by atoms with Crippen molar-refractivity contribution in [3.8, 4) is 0 Å². The second-order valence-electron chi connectivity index (χ2n) is 8.91. The average Bonchev–Trinajstić information content (AvgIpc) is 3.08. The fourth-order valence-electron chi connectivity index (χ4n) is 2.98. The molecule has 9 nitrogen and oxygen atoms in total. The molecule has 0 saturated carbocycles. The lowest BCUT2D eigenvalue weighted by Gasteiger charge is -2.38. The Bertz CT molecular complexity index is 789. The number of nitrogens with zero attached hydrogens (tertiary/aromatic N) is 2. The number of benzene rings is 1. The van der Waals surface area contributed by atoms with E-state index in [1.807, 2.05) is 0 Å². The lowest BCUT2D eigenvalue weighted by atomic mass is 10.2.